The molecule has 0 saturated heterocycles. The summed E-state index contributed by atoms with van der Waals surface area (Å²) in [4.78, 5) is 30.8. The van der Waals surface area contributed by atoms with E-state index in [-0.39, 0.29) is 30.4 Å². The maximum absolute atomic E-state index is 12.8. The van der Waals surface area contributed by atoms with Gasteiger partial charge in [-0.2, -0.15) is 0 Å². The van der Waals surface area contributed by atoms with Crippen molar-refractivity contribution in [1.82, 2.24) is 15.2 Å². The molecule has 1 unspecified atom stereocenters. The number of para-hydroxylation sites is 1. The average molecular weight is 338 g/mol. The smallest absolute Gasteiger partial charge is 0.258 e. The lowest BCUT2D eigenvalue weighted by atomic mass is 10.0. The van der Waals surface area contributed by atoms with Crippen LogP contribution in [0.4, 0.5) is 5.69 Å². The van der Waals surface area contributed by atoms with Gasteiger partial charge in [0, 0.05) is 24.6 Å². The third kappa shape index (κ3) is 3.79. The van der Waals surface area contributed by atoms with Crippen LogP contribution >= 0.6 is 0 Å². The summed E-state index contributed by atoms with van der Waals surface area (Å²) in [5.74, 6) is -0.142. The Morgan fingerprint density at radius 1 is 1.28 bits per heavy atom. The predicted octanol–water partition coefficient (Wildman–Crippen LogP) is 2.25. The standard InChI is InChI=1S/C19H22N4O2/c1-13(2)18-22-16-8-4-3-7-15(16)19(25)23(18)12-17(24)21-11-14-6-5-9-20-10-14/h3-10,13,18,22H,11-12H2,1-2H3,(H,21,24). The first kappa shape index (κ1) is 17.0. The number of nitrogens with one attached hydrogen (secondary N) is 2. The molecule has 1 aliphatic rings. The Morgan fingerprint density at radius 2 is 2.08 bits per heavy atom. The number of anilines is 1. The van der Waals surface area contributed by atoms with E-state index in [9.17, 15) is 9.59 Å². The average Bonchev–Trinajstić information content (AvgIpc) is 2.63. The Balaban J connectivity index is 1.71. The van der Waals surface area contributed by atoms with Crippen LogP contribution in [0.25, 0.3) is 0 Å². The second kappa shape index (κ2) is 7.34. The zero-order chi connectivity index (χ0) is 17.8. The van der Waals surface area contributed by atoms with Gasteiger partial charge in [0.25, 0.3) is 5.91 Å². The first-order valence-electron chi connectivity index (χ1n) is 8.38. The lowest BCUT2D eigenvalue weighted by Gasteiger charge is -2.39. The van der Waals surface area contributed by atoms with Crippen molar-refractivity contribution < 1.29 is 9.59 Å². The molecule has 2 amide bonds. The van der Waals surface area contributed by atoms with E-state index in [4.69, 9.17) is 0 Å². The summed E-state index contributed by atoms with van der Waals surface area (Å²) < 4.78 is 0. The highest BCUT2D eigenvalue weighted by atomic mass is 16.2. The van der Waals surface area contributed by atoms with Gasteiger partial charge >= 0.3 is 0 Å². The second-order valence-electron chi connectivity index (χ2n) is 6.45. The maximum Gasteiger partial charge on any atom is 0.258 e. The molecule has 1 aromatic carbocycles. The highest BCUT2D eigenvalue weighted by Crippen LogP contribution is 2.27. The Morgan fingerprint density at radius 3 is 2.80 bits per heavy atom. The zero-order valence-corrected chi connectivity index (χ0v) is 14.4. The minimum atomic E-state index is -0.216. The Bertz CT molecular complexity index is 761. The normalized spacial score (nSPS) is 16.4. The molecule has 0 radical (unpaired) electrons. The number of carbonyl (C=O) groups is 2. The number of benzene rings is 1. The molecule has 0 spiro atoms. The molecule has 6 heteroatoms. The number of carbonyl (C=O) groups excluding carboxylic acids is 2. The molecule has 130 valence electrons. The molecule has 0 fully saturated rings. The number of hydrogen-bond donors (Lipinski definition) is 2. The van der Waals surface area contributed by atoms with E-state index in [2.05, 4.69) is 15.6 Å². The van der Waals surface area contributed by atoms with Gasteiger partial charge in [0.05, 0.1) is 5.56 Å². The number of aromatic nitrogens is 1. The van der Waals surface area contributed by atoms with Crippen LogP contribution < -0.4 is 10.6 Å². The summed E-state index contributed by atoms with van der Waals surface area (Å²) in [6.07, 6.45) is 3.18. The van der Waals surface area contributed by atoms with Gasteiger partial charge < -0.3 is 15.5 Å². The third-order valence-corrected chi connectivity index (χ3v) is 4.22. The largest absolute Gasteiger partial charge is 0.364 e. The molecule has 3 rings (SSSR count). The molecule has 1 aromatic heterocycles. The topological polar surface area (TPSA) is 74.3 Å². The van der Waals surface area contributed by atoms with Crippen molar-refractivity contribution in [2.24, 2.45) is 5.92 Å². The lowest BCUT2D eigenvalue weighted by Crippen LogP contribution is -2.54. The van der Waals surface area contributed by atoms with E-state index < -0.39 is 0 Å². The number of nitrogens with zero attached hydrogens (tertiary/aromatic N) is 2. The number of hydrogen-bond acceptors (Lipinski definition) is 4. The van der Waals surface area contributed by atoms with Crippen LogP contribution in [0.2, 0.25) is 0 Å². The number of amides is 2. The maximum atomic E-state index is 12.8. The predicted molar refractivity (Wildman–Crippen MR) is 95.8 cm³/mol. The Kier molecular flexibility index (Phi) is 4.97. The number of pyridine rings is 1. The van der Waals surface area contributed by atoms with Gasteiger partial charge in [-0.25, -0.2) is 0 Å². The Labute approximate surface area is 147 Å². The van der Waals surface area contributed by atoms with Gasteiger partial charge in [0.15, 0.2) is 0 Å². The number of rotatable bonds is 5. The molecule has 0 aliphatic carbocycles. The molecule has 2 heterocycles. The van der Waals surface area contributed by atoms with Crippen LogP contribution in [0.1, 0.15) is 29.8 Å². The molecular weight excluding hydrogens is 316 g/mol. The molecule has 1 aliphatic heterocycles. The minimum Gasteiger partial charge on any atom is -0.364 e. The van der Waals surface area contributed by atoms with E-state index in [0.717, 1.165) is 11.3 Å². The van der Waals surface area contributed by atoms with Crippen LogP contribution in [0.5, 0.6) is 0 Å². The van der Waals surface area contributed by atoms with Crippen molar-refractivity contribution in [1.29, 1.82) is 0 Å². The fourth-order valence-electron chi connectivity index (χ4n) is 2.92. The monoisotopic (exact) mass is 338 g/mol. The summed E-state index contributed by atoms with van der Waals surface area (Å²) in [5, 5.41) is 6.22. The summed E-state index contributed by atoms with van der Waals surface area (Å²) in [6.45, 7) is 4.47. The minimum absolute atomic E-state index is 0.0171. The molecule has 6 nitrogen and oxygen atoms in total. The summed E-state index contributed by atoms with van der Waals surface area (Å²) in [6, 6.07) is 11.1. The van der Waals surface area contributed by atoms with Crippen LogP contribution in [-0.4, -0.2) is 34.4 Å². The van der Waals surface area contributed by atoms with Gasteiger partial charge in [-0.1, -0.05) is 32.0 Å². The first-order chi connectivity index (χ1) is 12.1. The highest BCUT2D eigenvalue weighted by molar-refractivity contribution is 6.03. The summed E-state index contributed by atoms with van der Waals surface area (Å²) in [7, 11) is 0. The van der Waals surface area contributed by atoms with Crippen LogP contribution in [-0.2, 0) is 11.3 Å². The van der Waals surface area contributed by atoms with Crippen molar-refractivity contribution in [3.63, 3.8) is 0 Å². The van der Waals surface area contributed by atoms with Crippen molar-refractivity contribution in [3.8, 4) is 0 Å². The first-order valence-corrected chi connectivity index (χ1v) is 8.38. The molecule has 25 heavy (non-hydrogen) atoms. The van der Waals surface area contributed by atoms with Gasteiger partial charge in [-0.15, -0.1) is 0 Å². The third-order valence-electron chi connectivity index (χ3n) is 4.22. The van der Waals surface area contributed by atoms with E-state index in [1.54, 1.807) is 23.4 Å². The van der Waals surface area contributed by atoms with Crippen molar-refractivity contribution >= 4 is 17.5 Å². The van der Waals surface area contributed by atoms with Crippen LogP contribution in [0, 0.1) is 5.92 Å². The van der Waals surface area contributed by atoms with E-state index >= 15 is 0 Å². The van der Waals surface area contributed by atoms with Crippen LogP contribution in [0.15, 0.2) is 48.8 Å². The van der Waals surface area contributed by atoms with Crippen molar-refractivity contribution in [3.05, 3.63) is 59.9 Å². The zero-order valence-electron chi connectivity index (χ0n) is 14.4. The van der Waals surface area contributed by atoms with Crippen molar-refractivity contribution in [2.75, 3.05) is 11.9 Å². The van der Waals surface area contributed by atoms with Crippen molar-refractivity contribution in [2.45, 2.75) is 26.6 Å². The summed E-state index contributed by atoms with van der Waals surface area (Å²) >= 11 is 0. The van der Waals surface area contributed by atoms with E-state index in [1.807, 2.05) is 44.2 Å². The fraction of sp³-hybridized carbons (Fsp3) is 0.316. The SMILES string of the molecule is CC(C)C1Nc2ccccc2C(=O)N1CC(=O)NCc1cccnc1. The van der Waals surface area contributed by atoms with Gasteiger partial charge in [-0.05, 0) is 29.7 Å². The molecule has 2 aromatic rings. The lowest BCUT2D eigenvalue weighted by molar-refractivity contribution is -0.122. The second-order valence-corrected chi connectivity index (χ2v) is 6.45. The molecular formula is C19H22N4O2. The van der Waals surface area contributed by atoms with Crippen LogP contribution in [0.3, 0.4) is 0 Å². The number of fused-ring (bicyclic) bond motifs is 1. The molecule has 0 bridgehead atoms. The molecule has 2 N–H and O–H groups in total. The van der Waals surface area contributed by atoms with Gasteiger partial charge in [0.2, 0.25) is 5.91 Å². The van der Waals surface area contributed by atoms with Gasteiger partial charge in [0.1, 0.15) is 12.7 Å². The molecule has 1 atom stereocenters. The van der Waals surface area contributed by atoms with Gasteiger partial charge in [-0.3, -0.25) is 14.6 Å². The summed E-state index contributed by atoms with van der Waals surface area (Å²) in [5.41, 5.74) is 2.34. The Hall–Kier alpha value is -2.89. The fourth-order valence-corrected chi connectivity index (χ4v) is 2.92. The van der Waals surface area contributed by atoms with E-state index in [0.29, 0.717) is 12.1 Å². The van der Waals surface area contributed by atoms with E-state index in [1.165, 1.54) is 0 Å². The molecule has 0 saturated carbocycles. The quantitative estimate of drug-likeness (QED) is 0.877. The highest BCUT2D eigenvalue weighted by Gasteiger charge is 2.34.